The van der Waals surface area contributed by atoms with E-state index in [1.165, 1.54) is 0 Å². The molecule has 0 unspecified atom stereocenters. The summed E-state index contributed by atoms with van der Waals surface area (Å²) >= 11 is 8.49. The molecule has 0 amide bonds. The number of aryl methyl sites for hydroxylation is 1. The number of rotatable bonds is 3. The van der Waals surface area contributed by atoms with Crippen molar-refractivity contribution in [3.63, 3.8) is 0 Å². The Kier molecular flexibility index (Phi) is 4.17. The highest BCUT2D eigenvalue weighted by molar-refractivity contribution is 9.10. The molecule has 1 aromatic carbocycles. The number of ketones is 1. The van der Waals surface area contributed by atoms with E-state index < -0.39 is 0 Å². The first-order valence-electron chi connectivity index (χ1n) is 5.09. The van der Waals surface area contributed by atoms with Crippen LogP contribution in [0.5, 0.6) is 0 Å². The quantitative estimate of drug-likeness (QED) is 0.691. The molecule has 0 fully saturated rings. The summed E-state index contributed by atoms with van der Waals surface area (Å²) in [4.78, 5) is 13.2. The summed E-state index contributed by atoms with van der Waals surface area (Å²) in [5.74, 6) is 0.147. The summed E-state index contributed by atoms with van der Waals surface area (Å²) in [6.07, 6.45) is 0.452. The van der Waals surface area contributed by atoms with Crippen LogP contribution in [-0.4, -0.2) is 5.78 Å². The van der Waals surface area contributed by atoms with Gasteiger partial charge in [0.15, 0.2) is 5.78 Å². The van der Waals surface area contributed by atoms with Gasteiger partial charge in [-0.1, -0.05) is 28.1 Å². The van der Waals surface area contributed by atoms with Crippen molar-refractivity contribution in [2.45, 2.75) is 13.3 Å². The standard InChI is InChI=1S/C13H10Br2OS/c1-8-2-3-9(6-11(8)15)12(16)7-13-10(14)4-5-17-13/h2-6H,7H2,1H3. The second-order valence-corrected chi connectivity index (χ2v) is 6.46. The van der Waals surface area contributed by atoms with Crippen LogP contribution in [0.15, 0.2) is 38.6 Å². The van der Waals surface area contributed by atoms with Crippen LogP contribution in [0.3, 0.4) is 0 Å². The summed E-state index contributed by atoms with van der Waals surface area (Å²) in [7, 11) is 0. The summed E-state index contributed by atoms with van der Waals surface area (Å²) in [5.41, 5.74) is 1.89. The molecule has 1 nitrogen and oxygen atoms in total. The van der Waals surface area contributed by atoms with E-state index in [1.807, 2.05) is 36.6 Å². The van der Waals surface area contributed by atoms with Gasteiger partial charge in [-0.05, 0) is 45.9 Å². The molecule has 4 heteroatoms. The fraction of sp³-hybridized carbons (Fsp3) is 0.154. The van der Waals surface area contributed by atoms with Crippen LogP contribution in [-0.2, 0) is 6.42 Å². The van der Waals surface area contributed by atoms with Crippen LogP contribution < -0.4 is 0 Å². The van der Waals surface area contributed by atoms with Crippen molar-refractivity contribution in [2.24, 2.45) is 0 Å². The lowest BCUT2D eigenvalue weighted by Crippen LogP contribution is -2.02. The van der Waals surface area contributed by atoms with Crippen molar-refractivity contribution in [3.8, 4) is 0 Å². The second-order valence-electron chi connectivity index (χ2n) is 3.76. The number of benzene rings is 1. The van der Waals surface area contributed by atoms with E-state index in [0.29, 0.717) is 6.42 Å². The van der Waals surface area contributed by atoms with Gasteiger partial charge in [0.05, 0.1) is 0 Å². The lowest BCUT2D eigenvalue weighted by molar-refractivity contribution is 0.0993. The second kappa shape index (κ2) is 5.46. The third-order valence-electron chi connectivity index (χ3n) is 2.51. The Morgan fingerprint density at radius 2 is 2.00 bits per heavy atom. The summed E-state index contributed by atoms with van der Waals surface area (Å²) in [6, 6.07) is 7.70. The zero-order valence-corrected chi connectivity index (χ0v) is 13.2. The number of halogens is 2. The molecule has 0 spiro atoms. The predicted molar refractivity (Wildman–Crippen MR) is 78.9 cm³/mol. The maximum absolute atomic E-state index is 12.1. The third kappa shape index (κ3) is 3.06. The molecule has 0 saturated carbocycles. The molecule has 0 bridgehead atoms. The number of hydrogen-bond acceptors (Lipinski definition) is 2. The van der Waals surface area contributed by atoms with E-state index in [4.69, 9.17) is 0 Å². The molecular weight excluding hydrogens is 364 g/mol. The van der Waals surface area contributed by atoms with Crippen molar-refractivity contribution < 1.29 is 4.79 Å². The zero-order chi connectivity index (χ0) is 12.4. The van der Waals surface area contributed by atoms with E-state index in [9.17, 15) is 4.79 Å². The first kappa shape index (κ1) is 13.0. The van der Waals surface area contributed by atoms with Gasteiger partial charge in [-0.2, -0.15) is 0 Å². The average Bonchev–Trinajstić information content (AvgIpc) is 2.68. The van der Waals surface area contributed by atoms with Crippen LogP contribution in [0.2, 0.25) is 0 Å². The van der Waals surface area contributed by atoms with E-state index in [-0.39, 0.29) is 5.78 Å². The normalized spacial score (nSPS) is 10.5. The van der Waals surface area contributed by atoms with Gasteiger partial charge in [0, 0.05) is 25.8 Å². The van der Waals surface area contributed by atoms with Crippen LogP contribution >= 0.6 is 43.2 Å². The van der Waals surface area contributed by atoms with Crippen molar-refractivity contribution in [3.05, 3.63) is 54.6 Å². The fourth-order valence-corrected chi connectivity index (χ4v) is 3.34. The van der Waals surface area contributed by atoms with Crippen molar-refractivity contribution >= 4 is 49.0 Å². The smallest absolute Gasteiger partial charge is 0.168 e. The van der Waals surface area contributed by atoms with Gasteiger partial charge >= 0.3 is 0 Å². The number of carbonyl (C=O) groups is 1. The Hall–Kier alpha value is -0.450. The first-order valence-corrected chi connectivity index (χ1v) is 7.55. The Morgan fingerprint density at radius 1 is 1.24 bits per heavy atom. The number of thiophene rings is 1. The minimum Gasteiger partial charge on any atom is -0.294 e. The molecule has 2 aromatic rings. The third-order valence-corrected chi connectivity index (χ3v) is 5.29. The number of hydrogen-bond donors (Lipinski definition) is 0. The summed E-state index contributed by atoms with van der Waals surface area (Å²) in [6.45, 7) is 2.01. The topological polar surface area (TPSA) is 17.1 Å². The van der Waals surface area contributed by atoms with E-state index >= 15 is 0 Å². The van der Waals surface area contributed by atoms with Gasteiger partial charge in [-0.3, -0.25) is 4.79 Å². The molecule has 0 N–H and O–H groups in total. The van der Waals surface area contributed by atoms with Gasteiger partial charge in [0.25, 0.3) is 0 Å². The molecule has 17 heavy (non-hydrogen) atoms. The van der Waals surface area contributed by atoms with Crippen molar-refractivity contribution in [1.82, 2.24) is 0 Å². The van der Waals surface area contributed by atoms with Gasteiger partial charge in [0.2, 0.25) is 0 Å². The molecule has 0 aliphatic heterocycles. The van der Waals surface area contributed by atoms with E-state index in [0.717, 1.165) is 24.9 Å². The lowest BCUT2D eigenvalue weighted by Gasteiger charge is -2.03. The Morgan fingerprint density at radius 3 is 2.59 bits per heavy atom. The largest absolute Gasteiger partial charge is 0.294 e. The molecule has 1 heterocycles. The number of carbonyl (C=O) groups excluding carboxylic acids is 1. The first-order chi connectivity index (χ1) is 8.08. The fourth-order valence-electron chi connectivity index (χ4n) is 1.47. The lowest BCUT2D eigenvalue weighted by atomic mass is 10.1. The maximum atomic E-state index is 12.1. The van der Waals surface area contributed by atoms with Gasteiger partial charge in [-0.25, -0.2) is 0 Å². The maximum Gasteiger partial charge on any atom is 0.168 e. The molecule has 0 aliphatic carbocycles. The molecular formula is C13H10Br2OS. The van der Waals surface area contributed by atoms with Gasteiger partial charge in [-0.15, -0.1) is 11.3 Å². The highest BCUT2D eigenvalue weighted by Crippen LogP contribution is 2.25. The van der Waals surface area contributed by atoms with Crippen LogP contribution in [0.25, 0.3) is 0 Å². The average molecular weight is 374 g/mol. The van der Waals surface area contributed by atoms with Crippen molar-refractivity contribution in [2.75, 3.05) is 0 Å². The minimum atomic E-state index is 0.147. The molecule has 0 radical (unpaired) electrons. The summed E-state index contributed by atoms with van der Waals surface area (Å²) in [5, 5.41) is 1.98. The zero-order valence-electron chi connectivity index (χ0n) is 9.17. The SMILES string of the molecule is Cc1ccc(C(=O)Cc2sccc2Br)cc1Br. The highest BCUT2D eigenvalue weighted by atomic mass is 79.9. The Bertz CT molecular complexity index is 560. The monoisotopic (exact) mass is 372 g/mol. The minimum absolute atomic E-state index is 0.147. The summed E-state index contributed by atoms with van der Waals surface area (Å²) < 4.78 is 2.00. The number of Topliss-reactive ketones (excluding diaryl/α,β-unsaturated/α-hetero) is 1. The molecule has 0 saturated heterocycles. The van der Waals surface area contributed by atoms with Gasteiger partial charge in [0.1, 0.15) is 0 Å². The Balaban J connectivity index is 2.20. The molecule has 0 atom stereocenters. The highest BCUT2D eigenvalue weighted by Gasteiger charge is 2.11. The molecule has 1 aromatic heterocycles. The van der Waals surface area contributed by atoms with Crippen molar-refractivity contribution in [1.29, 1.82) is 0 Å². The van der Waals surface area contributed by atoms with E-state index in [1.54, 1.807) is 11.3 Å². The van der Waals surface area contributed by atoms with Crippen LogP contribution in [0, 0.1) is 6.92 Å². The van der Waals surface area contributed by atoms with Crippen LogP contribution in [0.1, 0.15) is 20.8 Å². The predicted octanol–water partition coefficient (Wildman–Crippen LogP) is 5.01. The van der Waals surface area contributed by atoms with Gasteiger partial charge < -0.3 is 0 Å². The molecule has 2 rings (SSSR count). The Labute approximate surface area is 121 Å². The van der Waals surface area contributed by atoms with Crippen LogP contribution in [0.4, 0.5) is 0 Å². The molecule has 88 valence electrons. The van der Waals surface area contributed by atoms with E-state index in [2.05, 4.69) is 31.9 Å². The molecule has 0 aliphatic rings.